The van der Waals surface area contributed by atoms with Crippen LogP contribution >= 0.6 is 15.9 Å². The summed E-state index contributed by atoms with van der Waals surface area (Å²) in [4.78, 5) is 16.0. The van der Waals surface area contributed by atoms with E-state index in [1.807, 2.05) is 38.1 Å². The molecule has 1 aromatic heterocycles. The summed E-state index contributed by atoms with van der Waals surface area (Å²) in [5.74, 6) is 0.683. The van der Waals surface area contributed by atoms with Crippen LogP contribution in [0.5, 0.6) is 5.75 Å². The number of halogens is 1. The fourth-order valence-electron chi connectivity index (χ4n) is 1.78. The van der Waals surface area contributed by atoms with Gasteiger partial charge in [0.1, 0.15) is 5.75 Å². The summed E-state index contributed by atoms with van der Waals surface area (Å²) in [5.41, 5.74) is 1.55. The Morgan fingerprint density at radius 2 is 2.00 bits per heavy atom. The molecule has 2 aromatic rings. The lowest BCUT2D eigenvalue weighted by molar-refractivity contribution is 0.0950. The number of benzene rings is 1. The zero-order chi connectivity index (χ0) is 15.2. The van der Waals surface area contributed by atoms with Gasteiger partial charge < -0.3 is 10.1 Å². The van der Waals surface area contributed by atoms with Crippen LogP contribution in [0.25, 0.3) is 0 Å². The minimum Gasteiger partial charge on any atom is -0.491 e. The summed E-state index contributed by atoms with van der Waals surface area (Å²) in [7, 11) is 0. The van der Waals surface area contributed by atoms with E-state index in [2.05, 4.69) is 26.2 Å². The van der Waals surface area contributed by atoms with E-state index in [1.54, 1.807) is 18.5 Å². The van der Waals surface area contributed by atoms with Crippen LogP contribution in [0, 0.1) is 0 Å². The molecule has 1 N–H and O–H groups in total. The van der Waals surface area contributed by atoms with E-state index in [9.17, 15) is 4.79 Å². The number of ether oxygens (including phenoxy) is 1. The predicted octanol–water partition coefficient (Wildman–Crippen LogP) is 3.56. The van der Waals surface area contributed by atoms with Crippen LogP contribution in [-0.4, -0.2) is 17.0 Å². The highest BCUT2D eigenvalue weighted by atomic mass is 79.9. The number of nitrogens with one attached hydrogen (secondary N) is 1. The zero-order valence-corrected chi connectivity index (χ0v) is 13.6. The highest BCUT2D eigenvalue weighted by Crippen LogP contribution is 2.14. The molecule has 4 nitrogen and oxygen atoms in total. The molecule has 1 aromatic carbocycles. The first-order valence-corrected chi connectivity index (χ1v) is 7.48. The van der Waals surface area contributed by atoms with Gasteiger partial charge in [-0.1, -0.05) is 12.1 Å². The van der Waals surface area contributed by atoms with Crippen LogP contribution in [0.2, 0.25) is 0 Å². The number of pyridine rings is 1. The summed E-state index contributed by atoms with van der Waals surface area (Å²) in [6.07, 6.45) is 3.34. The van der Waals surface area contributed by atoms with Gasteiger partial charge in [0.2, 0.25) is 0 Å². The van der Waals surface area contributed by atoms with Crippen molar-refractivity contribution in [2.45, 2.75) is 26.5 Å². The van der Waals surface area contributed by atoms with Crippen molar-refractivity contribution in [2.75, 3.05) is 0 Å². The fraction of sp³-hybridized carbons (Fsp3) is 0.250. The van der Waals surface area contributed by atoms with Crippen molar-refractivity contribution in [3.05, 3.63) is 58.3 Å². The maximum Gasteiger partial charge on any atom is 0.253 e. The van der Waals surface area contributed by atoms with Gasteiger partial charge in [0.15, 0.2) is 0 Å². The molecule has 1 amide bonds. The lowest BCUT2D eigenvalue weighted by atomic mass is 10.2. The monoisotopic (exact) mass is 348 g/mol. The molecule has 0 unspecified atom stereocenters. The summed E-state index contributed by atoms with van der Waals surface area (Å²) in [6, 6.07) is 9.43. The highest BCUT2D eigenvalue weighted by molar-refractivity contribution is 9.10. The standard InChI is InChI=1S/C16H17BrN2O2/c1-11(2)21-15-5-3-12(4-6-15)8-19-16(20)13-7-14(17)10-18-9-13/h3-7,9-11H,8H2,1-2H3,(H,19,20). The molecule has 0 atom stereocenters. The number of carbonyl (C=O) groups excluding carboxylic acids is 1. The Labute approximate surface area is 132 Å². The summed E-state index contributed by atoms with van der Waals surface area (Å²) >= 11 is 3.30. The van der Waals surface area contributed by atoms with Gasteiger partial charge in [-0.3, -0.25) is 9.78 Å². The quantitative estimate of drug-likeness (QED) is 0.898. The van der Waals surface area contributed by atoms with E-state index >= 15 is 0 Å². The summed E-state index contributed by atoms with van der Waals surface area (Å²) < 4.78 is 6.36. The minimum absolute atomic E-state index is 0.147. The fourth-order valence-corrected chi connectivity index (χ4v) is 2.14. The second-order valence-corrected chi connectivity index (χ2v) is 5.80. The van der Waals surface area contributed by atoms with Gasteiger partial charge in [-0.25, -0.2) is 0 Å². The zero-order valence-electron chi connectivity index (χ0n) is 12.0. The molecule has 0 radical (unpaired) electrons. The molecule has 0 aliphatic heterocycles. The molecule has 1 heterocycles. The molecule has 0 saturated carbocycles. The van der Waals surface area contributed by atoms with Crippen LogP contribution in [0.1, 0.15) is 29.8 Å². The smallest absolute Gasteiger partial charge is 0.253 e. The predicted molar refractivity (Wildman–Crippen MR) is 85.3 cm³/mol. The van der Waals surface area contributed by atoms with Crippen molar-refractivity contribution in [1.29, 1.82) is 0 Å². The van der Waals surface area contributed by atoms with Gasteiger partial charge in [-0.05, 0) is 53.5 Å². The van der Waals surface area contributed by atoms with E-state index < -0.39 is 0 Å². The van der Waals surface area contributed by atoms with Gasteiger partial charge in [-0.2, -0.15) is 0 Å². The topological polar surface area (TPSA) is 51.2 Å². The molecule has 110 valence electrons. The van der Waals surface area contributed by atoms with Crippen molar-refractivity contribution in [1.82, 2.24) is 10.3 Å². The molecule has 0 saturated heterocycles. The Morgan fingerprint density at radius 1 is 1.29 bits per heavy atom. The van der Waals surface area contributed by atoms with Crippen LogP contribution in [-0.2, 0) is 6.54 Å². The first-order valence-electron chi connectivity index (χ1n) is 6.69. The third-order valence-electron chi connectivity index (χ3n) is 2.72. The highest BCUT2D eigenvalue weighted by Gasteiger charge is 2.06. The number of hydrogen-bond acceptors (Lipinski definition) is 3. The van der Waals surface area contributed by atoms with Crippen molar-refractivity contribution in [3.63, 3.8) is 0 Å². The number of amides is 1. The van der Waals surface area contributed by atoms with Crippen molar-refractivity contribution in [2.24, 2.45) is 0 Å². The van der Waals surface area contributed by atoms with Crippen molar-refractivity contribution < 1.29 is 9.53 Å². The average Bonchev–Trinajstić information content (AvgIpc) is 2.45. The molecule has 5 heteroatoms. The van der Waals surface area contributed by atoms with Gasteiger partial charge in [0, 0.05) is 23.4 Å². The van der Waals surface area contributed by atoms with E-state index in [0.717, 1.165) is 15.8 Å². The summed E-state index contributed by atoms with van der Waals surface area (Å²) in [6.45, 7) is 4.44. The molecule has 0 aliphatic rings. The second kappa shape index (κ2) is 7.22. The van der Waals surface area contributed by atoms with Gasteiger partial charge in [-0.15, -0.1) is 0 Å². The maximum atomic E-state index is 12.0. The second-order valence-electron chi connectivity index (χ2n) is 4.89. The van der Waals surface area contributed by atoms with Crippen LogP contribution < -0.4 is 10.1 Å². The molecule has 0 fully saturated rings. The van der Waals surface area contributed by atoms with E-state index in [-0.39, 0.29) is 12.0 Å². The number of carbonyl (C=O) groups is 1. The largest absolute Gasteiger partial charge is 0.491 e. The van der Waals surface area contributed by atoms with Gasteiger partial charge in [0.05, 0.1) is 11.7 Å². The first-order chi connectivity index (χ1) is 10.0. The number of nitrogens with zero attached hydrogens (tertiary/aromatic N) is 1. The lowest BCUT2D eigenvalue weighted by Gasteiger charge is -2.10. The Kier molecular flexibility index (Phi) is 5.33. The molecular weight excluding hydrogens is 332 g/mol. The normalized spacial score (nSPS) is 10.5. The molecule has 0 spiro atoms. The van der Waals surface area contributed by atoms with Crippen molar-refractivity contribution >= 4 is 21.8 Å². The minimum atomic E-state index is -0.147. The lowest BCUT2D eigenvalue weighted by Crippen LogP contribution is -2.22. The molecule has 2 rings (SSSR count). The van der Waals surface area contributed by atoms with Crippen LogP contribution in [0.4, 0.5) is 0 Å². The van der Waals surface area contributed by atoms with E-state index in [0.29, 0.717) is 12.1 Å². The Balaban J connectivity index is 1.92. The van der Waals surface area contributed by atoms with Gasteiger partial charge in [0.25, 0.3) is 5.91 Å². The number of aromatic nitrogens is 1. The van der Waals surface area contributed by atoms with E-state index in [4.69, 9.17) is 4.74 Å². The Bertz CT molecular complexity index is 612. The molecular formula is C16H17BrN2O2. The van der Waals surface area contributed by atoms with Crippen LogP contribution in [0.15, 0.2) is 47.2 Å². The van der Waals surface area contributed by atoms with Crippen LogP contribution in [0.3, 0.4) is 0 Å². The Morgan fingerprint density at radius 3 is 2.62 bits per heavy atom. The number of hydrogen-bond donors (Lipinski definition) is 1. The SMILES string of the molecule is CC(C)Oc1ccc(CNC(=O)c2cncc(Br)c2)cc1. The first kappa shape index (κ1) is 15.5. The third kappa shape index (κ3) is 4.86. The van der Waals surface area contributed by atoms with Crippen molar-refractivity contribution in [3.8, 4) is 5.75 Å². The molecule has 0 aliphatic carbocycles. The number of rotatable bonds is 5. The molecule has 0 bridgehead atoms. The van der Waals surface area contributed by atoms with E-state index in [1.165, 1.54) is 0 Å². The maximum absolute atomic E-state index is 12.0. The van der Waals surface area contributed by atoms with Gasteiger partial charge >= 0.3 is 0 Å². The average molecular weight is 349 g/mol. The molecule has 21 heavy (non-hydrogen) atoms. The summed E-state index contributed by atoms with van der Waals surface area (Å²) in [5, 5.41) is 2.86. The third-order valence-corrected chi connectivity index (χ3v) is 3.15. The Hall–Kier alpha value is -1.88.